The van der Waals surface area contributed by atoms with Crippen LogP contribution >= 0.6 is 11.6 Å². The van der Waals surface area contributed by atoms with Gasteiger partial charge in [0.15, 0.2) is 6.04 Å². The molecule has 0 aromatic heterocycles. The highest BCUT2D eigenvalue weighted by molar-refractivity contribution is 6.30. The van der Waals surface area contributed by atoms with Gasteiger partial charge in [0.05, 0.1) is 12.7 Å². The van der Waals surface area contributed by atoms with Crippen LogP contribution in [0.5, 0.6) is 5.75 Å². The lowest BCUT2D eigenvalue weighted by molar-refractivity contribution is -0.596. The van der Waals surface area contributed by atoms with Crippen LogP contribution in [0.15, 0.2) is 72.8 Å². The van der Waals surface area contributed by atoms with Crippen molar-refractivity contribution in [2.45, 2.75) is 12.1 Å². The van der Waals surface area contributed by atoms with Gasteiger partial charge in [0.2, 0.25) is 12.3 Å². The van der Waals surface area contributed by atoms with E-state index in [0.29, 0.717) is 10.8 Å². The smallest absolute Gasteiger partial charge is 0.304 e. The molecule has 6 nitrogen and oxygen atoms in total. The first-order valence-corrected chi connectivity index (χ1v) is 10.2. The molecule has 1 heterocycles. The summed E-state index contributed by atoms with van der Waals surface area (Å²) >= 11 is 6.05. The molecule has 0 saturated carbocycles. The molecule has 3 aromatic carbocycles. The van der Waals surface area contributed by atoms with E-state index in [1.165, 1.54) is 24.3 Å². The first-order chi connectivity index (χ1) is 15.5. The van der Waals surface area contributed by atoms with Crippen molar-refractivity contribution in [3.63, 3.8) is 0 Å². The highest BCUT2D eigenvalue weighted by Crippen LogP contribution is 2.27. The average molecular weight is 453 g/mol. The third-order valence-electron chi connectivity index (χ3n) is 5.16. The fraction of sp³-hybridized carbons (Fsp3) is 0.125. The molecule has 2 atom stereocenters. The summed E-state index contributed by atoms with van der Waals surface area (Å²) < 4.78 is 20.3. The highest BCUT2D eigenvalue weighted by atomic mass is 35.5. The quantitative estimate of drug-likeness (QED) is 0.582. The van der Waals surface area contributed by atoms with Crippen molar-refractivity contribution in [1.29, 1.82) is 0 Å². The van der Waals surface area contributed by atoms with Crippen molar-refractivity contribution in [3.05, 3.63) is 100 Å². The largest absolute Gasteiger partial charge is 0.496 e. The van der Waals surface area contributed by atoms with Crippen molar-refractivity contribution >= 4 is 29.6 Å². The lowest BCUT2D eigenvalue weighted by atomic mass is 9.99. The standard InChI is InChI=1S/C24H19ClFN3O3/c1-32-20-5-3-2-4-17(20)14-29-22(15-6-10-18(25)11-7-15)21(24(31)28-29)27-23(30)16-8-12-19(26)13-9-16/h2-14,21-22H,1H3,(H-,27,28,30,31)/p+1/b29-14-/t21-,22-/m1/s1. The Morgan fingerprint density at radius 2 is 1.78 bits per heavy atom. The van der Waals surface area contributed by atoms with Gasteiger partial charge in [-0.25, -0.2) is 4.39 Å². The van der Waals surface area contributed by atoms with Gasteiger partial charge < -0.3 is 10.1 Å². The third kappa shape index (κ3) is 4.48. The maximum atomic E-state index is 13.2. The molecule has 162 valence electrons. The summed E-state index contributed by atoms with van der Waals surface area (Å²) in [6.07, 6.45) is 1.75. The Morgan fingerprint density at radius 1 is 1.09 bits per heavy atom. The maximum Gasteiger partial charge on any atom is 0.304 e. The Bertz CT molecular complexity index is 1180. The lowest BCUT2D eigenvalue weighted by Crippen LogP contribution is -2.42. The number of hydrazone groups is 1. The summed E-state index contributed by atoms with van der Waals surface area (Å²) in [5.41, 5.74) is 4.58. The molecule has 32 heavy (non-hydrogen) atoms. The van der Waals surface area contributed by atoms with Crippen LogP contribution in [-0.2, 0) is 4.79 Å². The molecule has 0 bridgehead atoms. The number of nitrogens with one attached hydrogen (secondary N) is 2. The number of hydrogen-bond donors (Lipinski definition) is 2. The average Bonchev–Trinajstić information content (AvgIpc) is 3.09. The number of carbonyl (C=O) groups excluding carboxylic acids is 2. The Balaban J connectivity index is 1.72. The fourth-order valence-electron chi connectivity index (χ4n) is 3.59. The second-order valence-electron chi connectivity index (χ2n) is 7.21. The van der Waals surface area contributed by atoms with E-state index in [2.05, 4.69) is 10.7 Å². The van der Waals surface area contributed by atoms with Crippen LogP contribution in [0.25, 0.3) is 0 Å². The summed E-state index contributed by atoms with van der Waals surface area (Å²) in [4.78, 5) is 25.7. The van der Waals surface area contributed by atoms with Gasteiger partial charge in [-0.2, -0.15) is 0 Å². The molecule has 2 N–H and O–H groups in total. The zero-order valence-electron chi connectivity index (χ0n) is 17.1. The summed E-state index contributed by atoms with van der Waals surface area (Å²) in [6, 6.07) is 18.1. The maximum absolute atomic E-state index is 13.2. The molecular formula is C24H20ClFN3O3+. The van der Waals surface area contributed by atoms with Crippen LogP contribution in [0.2, 0.25) is 5.02 Å². The lowest BCUT2D eigenvalue weighted by Gasteiger charge is -2.15. The van der Waals surface area contributed by atoms with Crippen LogP contribution < -0.4 is 15.5 Å². The Hall–Kier alpha value is -3.71. The van der Waals surface area contributed by atoms with Gasteiger partial charge in [0, 0.05) is 16.1 Å². The molecule has 0 radical (unpaired) electrons. The summed E-state index contributed by atoms with van der Waals surface area (Å²) in [5.74, 6) is -0.679. The van der Waals surface area contributed by atoms with Gasteiger partial charge in [0.1, 0.15) is 11.6 Å². The normalized spacial score (nSPS) is 19.0. The summed E-state index contributed by atoms with van der Waals surface area (Å²) in [5, 5.41) is 3.33. The summed E-state index contributed by atoms with van der Waals surface area (Å²) in [6.45, 7) is 0. The number of carbonyl (C=O) groups is 2. The van der Waals surface area contributed by atoms with E-state index >= 15 is 0 Å². The van der Waals surface area contributed by atoms with Crippen molar-refractivity contribution in [1.82, 2.24) is 10.7 Å². The molecule has 0 aliphatic carbocycles. The molecular weight excluding hydrogens is 433 g/mol. The number of methoxy groups -OCH3 is 1. The topological polar surface area (TPSA) is 70.4 Å². The monoisotopic (exact) mass is 452 g/mol. The van der Waals surface area contributed by atoms with E-state index in [4.69, 9.17) is 16.3 Å². The first-order valence-electron chi connectivity index (χ1n) is 9.85. The second kappa shape index (κ2) is 9.20. The number of hydrazine groups is 1. The van der Waals surface area contributed by atoms with E-state index in [-0.39, 0.29) is 11.5 Å². The van der Waals surface area contributed by atoms with Crippen LogP contribution in [0.3, 0.4) is 0 Å². The minimum absolute atomic E-state index is 0.251. The predicted octanol–water partition coefficient (Wildman–Crippen LogP) is 3.50. The van der Waals surface area contributed by atoms with Crippen LogP contribution in [0.4, 0.5) is 4.39 Å². The predicted molar refractivity (Wildman–Crippen MR) is 118 cm³/mol. The first kappa shape index (κ1) is 21.5. The van der Waals surface area contributed by atoms with E-state index in [1.807, 2.05) is 24.3 Å². The Kier molecular flexibility index (Phi) is 6.18. The fourth-order valence-corrected chi connectivity index (χ4v) is 3.72. The Labute approximate surface area is 189 Å². The number of hydrogen-bond acceptors (Lipinski definition) is 3. The van der Waals surface area contributed by atoms with Crippen LogP contribution in [0.1, 0.15) is 27.5 Å². The zero-order chi connectivity index (χ0) is 22.7. The molecule has 4 rings (SSSR count). The molecule has 1 fully saturated rings. The molecule has 0 unspecified atom stereocenters. The van der Waals surface area contributed by atoms with Gasteiger partial charge in [0.25, 0.3) is 5.91 Å². The number of benzene rings is 3. The zero-order valence-corrected chi connectivity index (χ0v) is 17.8. The number of ether oxygens (including phenoxy) is 1. The third-order valence-corrected chi connectivity index (χ3v) is 5.41. The van der Waals surface area contributed by atoms with Gasteiger partial charge >= 0.3 is 5.91 Å². The number of nitrogens with zero attached hydrogens (tertiary/aromatic N) is 1. The van der Waals surface area contributed by atoms with E-state index in [9.17, 15) is 14.0 Å². The summed E-state index contributed by atoms with van der Waals surface area (Å²) in [7, 11) is 1.57. The van der Waals surface area contributed by atoms with Crippen LogP contribution in [0, 0.1) is 5.82 Å². The molecule has 0 spiro atoms. The molecule has 1 aliphatic heterocycles. The van der Waals surface area contributed by atoms with Crippen molar-refractivity contribution in [2.75, 3.05) is 7.11 Å². The van der Waals surface area contributed by atoms with Gasteiger partial charge in [-0.1, -0.05) is 35.9 Å². The molecule has 1 aliphatic rings. The number of amides is 2. The van der Waals surface area contributed by atoms with Crippen molar-refractivity contribution in [2.24, 2.45) is 0 Å². The van der Waals surface area contributed by atoms with Crippen LogP contribution in [-0.4, -0.2) is 35.9 Å². The number of halogens is 2. The second-order valence-corrected chi connectivity index (χ2v) is 7.65. The number of rotatable bonds is 5. The van der Waals surface area contributed by atoms with Gasteiger partial charge in [-0.15, -0.1) is 10.1 Å². The minimum atomic E-state index is -0.903. The molecule has 8 heteroatoms. The van der Waals surface area contributed by atoms with Crippen molar-refractivity contribution < 1.29 is 23.4 Å². The molecule has 1 saturated heterocycles. The Morgan fingerprint density at radius 3 is 2.47 bits per heavy atom. The van der Waals surface area contributed by atoms with E-state index in [1.54, 1.807) is 42.3 Å². The molecule has 3 aromatic rings. The van der Waals surface area contributed by atoms with E-state index < -0.39 is 23.8 Å². The molecule has 2 amide bonds. The van der Waals surface area contributed by atoms with E-state index in [0.717, 1.165) is 11.1 Å². The number of para-hydroxylation sites is 1. The van der Waals surface area contributed by atoms with Crippen molar-refractivity contribution in [3.8, 4) is 5.75 Å². The SMILES string of the molecule is COc1ccccc1/C=[N+]1\NC(=O)[C@H](NC(=O)c2ccc(F)cc2)[C@H]1c1ccc(Cl)cc1. The van der Waals surface area contributed by atoms with Gasteiger partial charge in [-0.05, 0) is 48.5 Å². The highest BCUT2D eigenvalue weighted by Gasteiger charge is 2.47. The van der Waals surface area contributed by atoms with Gasteiger partial charge in [-0.3, -0.25) is 9.59 Å². The minimum Gasteiger partial charge on any atom is -0.496 e.